The number of nitrogens with zero attached hydrogens (tertiary/aromatic N) is 2. The van der Waals surface area contributed by atoms with E-state index in [-0.39, 0.29) is 12.1 Å². The molecule has 1 atom stereocenters. The van der Waals surface area contributed by atoms with Crippen molar-refractivity contribution in [3.63, 3.8) is 0 Å². The van der Waals surface area contributed by atoms with Crippen LogP contribution in [0.2, 0.25) is 0 Å². The van der Waals surface area contributed by atoms with Gasteiger partial charge < -0.3 is 14.9 Å². The molecule has 0 spiro atoms. The number of aliphatic hydroxyl groups excluding tert-OH is 1. The number of anilines is 1. The van der Waals surface area contributed by atoms with Crippen LogP contribution in [0.5, 0.6) is 0 Å². The van der Waals surface area contributed by atoms with Crippen LogP contribution in [0.4, 0.5) is 10.1 Å². The number of likely N-dealkylation sites (N-methyl/N-ethyl adjacent to an activating group) is 1. The second-order valence-corrected chi connectivity index (χ2v) is 5.65. The number of rotatable bonds is 5. The standard InChI is InChI=1S/C15H21FN2O2/c1-17(2)11-6-7-12(13(16)8-11)15(20)18(3)9-14(19)10-4-5-10/h6-8,10,14,19H,4-5,9H2,1-3H3. The van der Waals surface area contributed by atoms with E-state index < -0.39 is 17.8 Å². The first-order chi connectivity index (χ1) is 9.40. The summed E-state index contributed by atoms with van der Waals surface area (Å²) in [6, 6.07) is 4.55. The molecule has 4 nitrogen and oxygen atoms in total. The van der Waals surface area contributed by atoms with Crippen molar-refractivity contribution in [2.24, 2.45) is 5.92 Å². The average molecular weight is 280 g/mol. The van der Waals surface area contributed by atoms with Gasteiger partial charge in [0.05, 0.1) is 11.7 Å². The number of carbonyl (C=O) groups excluding carboxylic acids is 1. The molecule has 110 valence electrons. The molecule has 1 aliphatic rings. The molecule has 0 aromatic heterocycles. The Kier molecular flexibility index (Phi) is 4.28. The maximum atomic E-state index is 14.0. The summed E-state index contributed by atoms with van der Waals surface area (Å²) in [5.41, 5.74) is 0.751. The van der Waals surface area contributed by atoms with Crippen LogP contribution in [0.15, 0.2) is 18.2 Å². The molecule has 1 aromatic rings. The second-order valence-electron chi connectivity index (χ2n) is 5.65. The topological polar surface area (TPSA) is 43.8 Å². The Morgan fingerprint density at radius 1 is 1.40 bits per heavy atom. The van der Waals surface area contributed by atoms with Crippen LogP contribution in [0.3, 0.4) is 0 Å². The molecule has 0 heterocycles. The number of carbonyl (C=O) groups is 1. The van der Waals surface area contributed by atoms with Gasteiger partial charge in [0.25, 0.3) is 5.91 Å². The predicted molar refractivity (Wildman–Crippen MR) is 76.4 cm³/mol. The molecule has 1 fully saturated rings. The molecule has 20 heavy (non-hydrogen) atoms. The number of amides is 1. The van der Waals surface area contributed by atoms with Crippen molar-refractivity contribution < 1.29 is 14.3 Å². The lowest BCUT2D eigenvalue weighted by atomic mass is 10.1. The molecule has 5 heteroatoms. The maximum Gasteiger partial charge on any atom is 0.256 e. The molecular formula is C15H21FN2O2. The molecule has 1 N–H and O–H groups in total. The van der Waals surface area contributed by atoms with Gasteiger partial charge in [0.2, 0.25) is 0 Å². The van der Waals surface area contributed by atoms with Crippen molar-refractivity contribution in [2.75, 3.05) is 32.6 Å². The fraction of sp³-hybridized carbons (Fsp3) is 0.533. The number of hydrogen-bond acceptors (Lipinski definition) is 3. The van der Waals surface area contributed by atoms with E-state index in [9.17, 15) is 14.3 Å². The minimum atomic E-state index is -0.533. The van der Waals surface area contributed by atoms with Crippen LogP contribution >= 0.6 is 0 Å². The first-order valence-electron chi connectivity index (χ1n) is 6.80. The molecule has 1 aliphatic carbocycles. The summed E-state index contributed by atoms with van der Waals surface area (Å²) in [5, 5.41) is 9.85. The molecule has 1 aromatic carbocycles. The molecule has 1 saturated carbocycles. The molecular weight excluding hydrogens is 259 g/mol. The third kappa shape index (κ3) is 3.28. The van der Waals surface area contributed by atoms with Crippen molar-refractivity contribution in [3.05, 3.63) is 29.6 Å². The highest BCUT2D eigenvalue weighted by molar-refractivity contribution is 5.94. The Labute approximate surface area is 118 Å². The van der Waals surface area contributed by atoms with Gasteiger partial charge in [-0.3, -0.25) is 4.79 Å². The first-order valence-corrected chi connectivity index (χ1v) is 6.80. The number of aliphatic hydroxyl groups is 1. The van der Waals surface area contributed by atoms with Crippen LogP contribution in [0, 0.1) is 11.7 Å². The zero-order valence-electron chi connectivity index (χ0n) is 12.1. The third-order valence-electron chi connectivity index (χ3n) is 3.67. The Hall–Kier alpha value is -1.62. The number of hydrogen-bond donors (Lipinski definition) is 1. The summed E-state index contributed by atoms with van der Waals surface area (Å²) in [4.78, 5) is 15.3. The summed E-state index contributed by atoms with van der Waals surface area (Å²) < 4.78 is 14.0. The molecule has 0 radical (unpaired) electrons. The van der Waals surface area contributed by atoms with Crippen LogP contribution in [-0.2, 0) is 0 Å². The first kappa shape index (κ1) is 14.8. The Morgan fingerprint density at radius 3 is 2.55 bits per heavy atom. The second kappa shape index (κ2) is 5.79. The third-order valence-corrected chi connectivity index (χ3v) is 3.67. The van der Waals surface area contributed by atoms with Crippen LogP contribution < -0.4 is 4.90 Å². The van der Waals surface area contributed by atoms with Crippen molar-refractivity contribution in [1.29, 1.82) is 0 Å². The van der Waals surface area contributed by atoms with E-state index in [1.165, 1.54) is 17.0 Å². The molecule has 1 unspecified atom stereocenters. The van der Waals surface area contributed by atoms with Crippen LogP contribution in [0.25, 0.3) is 0 Å². The largest absolute Gasteiger partial charge is 0.391 e. The summed E-state index contributed by atoms with van der Waals surface area (Å²) >= 11 is 0. The molecule has 1 amide bonds. The summed E-state index contributed by atoms with van der Waals surface area (Å²) in [6.07, 6.45) is 1.51. The SMILES string of the molecule is CN(CC(O)C1CC1)C(=O)c1ccc(N(C)C)cc1F. The van der Waals surface area contributed by atoms with Crippen molar-refractivity contribution in [3.8, 4) is 0 Å². The highest BCUT2D eigenvalue weighted by atomic mass is 19.1. The van der Waals surface area contributed by atoms with E-state index in [2.05, 4.69) is 0 Å². The highest BCUT2D eigenvalue weighted by Gasteiger charge is 2.31. The van der Waals surface area contributed by atoms with Crippen LogP contribution in [0.1, 0.15) is 23.2 Å². The van der Waals surface area contributed by atoms with E-state index in [1.54, 1.807) is 18.0 Å². The van der Waals surface area contributed by atoms with E-state index in [4.69, 9.17) is 0 Å². The maximum absolute atomic E-state index is 14.0. The van der Waals surface area contributed by atoms with Gasteiger partial charge in [0.15, 0.2) is 0 Å². The minimum Gasteiger partial charge on any atom is -0.391 e. The zero-order chi connectivity index (χ0) is 14.9. The molecule has 0 saturated heterocycles. The van der Waals surface area contributed by atoms with Gasteiger partial charge >= 0.3 is 0 Å². The zero-order valence-corrected chi connectivity index (χ0v) is 12.1. The van der Waals surface area contributed by atoms with Crippen molar-refractivity contribution in [2.45, 2.75) is 18.9 Å². The van der Waals surface area contributed by atoms with Gasteiger partial charge in [-0.1, -0.05) is 0 Å². The Morgan fingerprint density at radius 2 is 2.05 bits per heavy atom. The van der Waals surface area contributed by atoms with E-state index >= 15 is 0 Å². The van der Waals surface area contributed by atoms with Crippen molar-refractivity contribution in [1.82, 2.24) is 4.90 Å². The lowest BCUT2D eigenvalue weighted by Crippen LogP contribution is -2.35. The average Bonchev–Trinajstić information content (AvgIpc) is 3.21. The van der Waals surface area contributed by atoms with Gasteiger partial charge in [-0.05, 0) is 37.0 Å². The van der Waals surface area contributed by atoms with E-state index in [0.717, 1.165) is 12.8 Å². The molecule has 0 bridgehead atoms. The van der Waals surface area contributed by atoms with Gasteiger partial charge in [-0.25, -0.2) is 4.39 Å². The Bertz CT molecular complexity index is 501. The van der Waals surface area contributed by atoms with Gasteiger partial charge in [-0.2, -0.15) is 0 Å². The van der Waals surface area contributed by atoms with Crippen LogP contribution in [-0.4, -0.2) is 49.7 Å². The normalized spacial score (nSPS) is 15.8. The van der Waals surface area contributed by atoms with Gasteiger partial charge in [0, 0.05) is 33.4 Å². The Balaban J connectivity index is 2.07. The summed E-state index contributed by atoms with van der Waals surface area (Å²) in [7, 11) is 5.22. The number of benzene rings is 1. The van der Waals surface area contributed by atoms with Gasteiger partial charge in [0.1, 0.15) is 5.82 Å². The van der Waals surface area contributed by atoms with Crippen molar-refractivity contribution >= 4 is 11.6 Å². The summed E-state index contributed by atoms with van der Waals surface area (Å²) in [5.74, 6) is -0.632. The predicted octanol–water partition coefficient (Wildman–Crippen LogP) is 1.73. The summed E-state index contributed by atoms with van der Waals surface area (Å²) in [6.45, 7) is 0.248. The lowest BCUT2D eigenvalue weighted by Gasteiger charge is -2.21. The quantitative estimate of drug-likeness (QED) is 0.893. The fourth-order valence-electron chi connectivity index (χ4n) is 2.15. The lowest BCUT2D eigenvalue weighted by molar-refractivity contribution is 0.0641. The molecule has 2 rings (SSSR count). The van der Waals surface area contributed by atoms with E-state index in [0.29, 0.717) is 11.6 Å². The highest BCUT2D eigenvalue weighted by Crippen LogP contribution is 2.32. The molecule has 0 aliphatic heterocycles. The fourth-order valence-corrected chi connectivity index (χ4v) is 2.15. The smallest absolute Gasteiger partial charge is 0.256 e. The van der Waals surface area contributed by atoms with E-state index in [1.807, 2.05) is 14.1 Å². The van der Waals surface area contributed by atoms with Gasteiger partial charge in [-0.15, -0.1) is 0 Å². The monoisotopic (exact) mass is 280 g/mol. The minimum absolute atomic E-state index is 0.0427. The number of halogens is 1.